The van der Waals surface area contributed by atoms with Gasteiger partial charge in [-0.05, 0) is 99.5 Å². The molecule has 2 aromatic carbocycles. The third kappa shape index (κ3) is 6.41. The predicted molar refractivity (Wildman–Crippen MR) is 175 cm³/mol. The van der Waals surface area contributed by atoms with Crippen molar-refractivity contribution in [2.75, 3.05) is 42.4 Å². The van der Waals surface area contributed by atoms with Crippen molar-refractivity contribution in [3.8, 4) is 0 Å². The van der Waals surface area contributed by atoms with Crippen LogP contribution in [0.3, 0.4) is 0 Å². The summed E-state index contributed by atoms with van der Waals surface area (Å²) < 4.78 is 35.6. The fourth-order valence-corrected chi connectivity index (χ4v) is 6.40. The van der Waals surface area contributed by atoms with E-state index in [1.165, 1.54) is 13.0 Å². The summed E-state index contributed by atoms with van der Waals surface area (Å²) in [6.45, 7) is 10.9. The minimum Gasteiger partial charge on any atom is -0.359 e. The lowest BCUT2D eigenvalue weighted by atomic mass is 9.94. The van der Waals surface area contributed by atoms with Gasteiger partial charge in [0.25, 0.3) is 0 Å². The monoisotopic (exact) mass is 705 g/mol. The summed E-state index contributed by atoms with van der Waals surface area (Å²) in [7, 11) is 1.96. The summed E-state index contributed by atoms with van der Waals surface area (Å²) in [4.78, 5) is 18.5. The lowest BCUT2D eigenvalue weighted by Crippen LogP contribution is -2.63. The van der Waals surface area contributed by atoms with Crippen LogP contribution in [0.25, 0.3) is 0 Å². The van der Waals surface area contributed by atoms with Gasteiger partial charge in [-0.3, -0.25) is 4.79 Å². The number of likely N-dealkylation sites (N-methyl/N-ethyl adjacent to an activating group) is 1. The third-order valence-electron chi connectivity index (χ3n) is 7.76. The van der Waals surface area contributed by atoms with Crippen LogP contribution in [0.5, 0.6) is 0 Å². The number of amides is 1. The van der Waals surface area contributed by atoms with Crippen molar-refractivity contribution in [3.63, 3.8) is 0 Å². The number of halogens is 2. The number of carbonyl (C=O) groups is 1. The summed E-state index contributed by atoms with van der Waals surface area (Å²) in [5.74, 6) is 0.205. The average molecular weight is 706 g/mol. The summed E-state index contributed by atoms with van der Waals surface area (Å²) in [5, 5.41) is 6.36. The Balaban J connectivity index is 1.79. The molecule has 1 saturated heterocycles. The van der Waals surface area contributed by atoms with Gasteiger partial charge in [0.05, 0.1) is 17.0 Å². The Morgan fingerprint density at radius 1 is 1.02 bits per heavy atom. The minimum atomic E-state index is -0.489. The van der Waals surface area contributed by atoms with Gasteiger partial charge in [-0.1, -0.05) is 6.07 Å². The Bertz CT molecular complexity index is 1410. The van der Waals surface area contributed by atoms with Gasteiger partial charge in [0.2, 0.25) is 5.91 Å². The molecule has 3 aliphatic rings. The van der Waals surface area contributed by atoms with Gasteiger partial charge in [-0.15, -0.1) is 0 Å². The van der Waals surface area contributed by atoms with Gasteiger partial charge in [0.1, 0.15) is 17.9 Å². The summed E-state index contributed by atoms with van der Waals surface area (Å²) in [5.41, 5.74) is 4.63. The average Bonchev–Trinajstić information content (AvgIpc) is 3.80. The van der Waals surface area contributed by atoms with Crippen molar-refractivity contribution >= 4 is 45.6 Å². The van der Waals surface area contributed by atoms with E-state index in [4.69, 9.17) is 14.2 Å². The molecule has 11 heteroatoms. The van der Waals surface area contributed by atoms with E-state index in [0.29, 0.717) is 37.0 Å². The van der Waals surface area contributed by atoms with Crippen molar-refractivity contribution in [1.29, 1.82) is 0 Å². The van der Waals surface area contributed by atoms with Gasteiger partial charge in [0.15, 0.2) is 12.6 Å². The summed E-state index contributed by atoms with van der Waals surface area (Å²) >= 11 is 2.11. The second-order valence-electron chi connectivity index (χ2n) is 10.8. The van der Waals surface area contributed by atoms with Crippen LogP contribution in [-0.2, 0) is 19.0 Å². The molecule has 0 radical (unpaired) electrons. The molecule has 0 bridgehead atoms. The molecule has 2 aromatic rings. The van der Waals surface area contributed by atoms with Crippen LogP contribution in [0.4, 0.5) is 21.5 Å². The Kier molecular flexibility index (Phi) is 9.96. The summed E-state index contributed by atoms with van der Waals surface area (Å²) in [6, 6.07) is 13.2. The highest BCUT2D eigenvalue weighted by atomic mass is 127. The standard InChI is InChI=1S/C32H41FIN5O4/c1-7-41-30-19(4)28-27(29(37(30)6)36-26-16-13-21(34)17-25(26)33)31(42-8-2)39(23-14-15-23)32(43-9-3)38(28)24-12-10-11-22(18-24)35-20(5)40/h10-13,16-18,23,30-32,36H,7-9,14-15H2,1-6H3,(H,35,40). The number of anilines is 3. The molecule has 5 rings (SSSR count). The molecule has 2 N–H and O–H groups in total. The first-order chi connectivity index (χ1) is 20.7. The van der Waals surface area contributed by atoms with Gasteiger partial charge in [0, 0.05) is 60.4 Å². The molecule has 0 aromatic heterocycles. The molecule has 3 unspecified atom stereocenters. The molecule has 3 atom stereocenters. The molecule has 1 amide bonds. The van der Waals surface area contributed by atoms with Crippen LogP contribution in [0.1, 0.15) is 47.5 Å². The summed E-state index contributed by atoms with van der Waals surface area (Å²) in [6.07, 6.45) is 0.649. The molecule has 2 aliphatic heterocycles. The number of ether oxygens (including phenoxy) is 3. The Morgan fingerprint density at radius 2 is 1.72 bits per heavy atom. The van der Waals surface area contributed by atoms with E-state index in [-0.39, 0.29) is 17.8 Å². The molecule has 2 fully saturated rings. The van der Waals surface area contributed by atoms with Gasteiger partial charge >= 0.3 is 0 Å². The Morgan fingerprint density at radius 3 is 2.35 bits per heavy atom. The number of carbonyl (C=O) groups excluding carboxylic acids is 1. The predicted octanol–water partition coefficient (Wildman–Crippen LogP) is 6.26. The van der Waals surface area contributed by atoms with Gasteiger partial charge < -0.3 is 34.6 Å². The SMILES string of the molecule is CCOC1C(C)=C2C(=C(Nc3ccc(I)cc3F)N1C)C(OCC)N(C1CC1)C(OCC)N2c1cccc(NC(C)=O)c1. The highest BCUT2D eigenvalue weighted by Crippen LogP contribution is 2.48. The first kappa shape index (κ1) is 31.7. The molecule has 1 saturated carbocycles. The number of hydrogen-bond donors (Lipinski definition) is 2. The van der Waals surface area contributed by atoms with E-state index >= 15 is 4.39 Å². The number of fused-ring (bicyclic) bond motifs is 1. The maximum absolute atomic E-state index is 15.3. The quantitative estimate of drug-likeness (QED) is 0.266. The van der Waals surface area contributed by atoms with Crippen LogP contribution in [0.15, 0.2) is 65.1 Å². The highest BCUT2D eigenvalue weighted by molar-refractivity contribution is 14.1. The molecule has 43 heavy (non-hydrogen) atoms. The van der Waals surface area contributed by atoms with E-state index in [0.717, 1.165) is 38.9 Å². The fourth-order valence-electron chi connectivity index (χ4n) is 5.95. The molecule has 2 heterocycles. The van der Waals surface area contributed by atoms with Crippen molar-refractivity contribution in [2.45, 2.75) is 72.3 Å². The fraction of sp³-hybridized carbons (Fsp3) is 0.469. The second kappa shape index (κ2) is 13.5. The van der Waals surface area contributed by atoms with E-state index in [1.54, 1.807) is 6.07 Å². The van der Waals surface area contributed by atoms with Crippen LogP contribution in [-0.4, -0.2) is 67.4 Å². The first-order valence-electron chi connectivity index (χ1n) is 14.9. The van der Waals surface area contributed by atoms with Crippen LogP contribution < -0.4 is 15.5 Å². The second-order valence-corrected chi connectivity index (χ2v) is 12.1. The lowest BCUT2D eigenvalue weighted by molar-refractivity contribution is -0.150. The normalized spacial score (nSPS) is 22.7. The maximum atomic E-state index is 15.3. The lowest BCUT2D eigenvalue weighted by Gasteiger charge is -2.54. The third-order valence-corrected chi connectivity index (χ3v) is 8.43. The molecule has 1 aliphatic carbocycles. The van der Waals surface area contributed by atoms with Crippen molar-refractivity contribution in [3.05, 3.63) is 74.5 Å². The maximum Gasteiger partial charge on any atom is 0.221 e. The zero-order valence-corrected chi connectivity index (χ0v) is 27.8. The van der Waals surface area contributed by atoms with Crippen LogP contribution >= 0.6 is 22.6 Å². The molecular weight excluding hydrogens is 664 g/mol. The van der Waals surface area contributed by atoms with Crippen molar-refractivity contribution in [2.24, 2.45) is 0 Å². The Labute approximate surface area is 267 Å². The topological polar surface area (TPSA) is 78.5 Å². The molecular formula is C32H41FIN5O4. The zero-order chi connectivity index (χ0) is 30.8. The zero-order valence-electron chi connectivity index (χ0n) is 25.6. The number of rotatable bonds is 11. The Hall–Kier alpha value is -2.71. The first-order valence-corrected chi connectivity index (χ1v) is 16.0. The van der Waals surface area contributed by atoms with E-state index in [1.807, 2.05) is 63.1 Å². The number of nitrogens with one attached hydrogen (secondary N) is 2. The molecule has 9 nitrogen and oxygen atoms in total. The van der Waals surface area contributed by atoms with Gasteiger partial charge in [-0.2, -0.15) is 0 Å². The van der Waals surface area contributed by atoms with E-state index in [2.05, 4.69) is 49.9 Å². The van der Waals surface area contributed by atoms with Crippen molar-refractivity contribution in [1.82, 2.24) is 9.80 Å². The smallest absolute Gasteiger partial charge is 0.221 e. The minimum absolute atomic E-state index is 0.147. The molecule has 232 valence electrons. The van der Waals surface area contributed by atoms with E-state index in [9.17, 15) is 4.79 Å². The number of benzene rings is 2. The van der Waals surface area contributed by atoms with Crippen molar-refractivity contribution < 1.29 is 23.4 Å². The largest absolute Gasteiger partial charge is 0.359 e. The highest BCUT2D eigenvalue weighted by Gasteiger charge is 2.53. The molecule has 0 spiro atoms. The van der Waals surface area contributed by atoms with E-state index < -0.39 is 18.8 Å². The van der Waals surface area contributed by atoms with Crippen LogP contribution in [0.2, 0.25) is 0 Å². The number of nitrogens with zero attached hydrogens (tertiary/aromatic N) is 3. The van der Waals surface area contributed by atoms with Gasteiger partial charge in [-0.25, -0.2) is 9.29 Å². The van der Waals surface area contributed by atoms with Crippen LogP contribution in [0, 0.1) is 9.39 Å². The number of hydrogen-bond acceptors (Lipinski definition) is 8.